The molecule has 8 N–H and O–H groups in total. The van der Waals surface area contributed by atoms with Crippen LogP contribution in [0.5, 0.6) is 5.75 Å². The van der Waals surface area contributed by atoms with E-state index >= 15 is 0 Å². The molecule has 446 valence electrons. The van der Waals surface area contributed by atoms with E-state index < -0.39 is 0 Å². The van der Waals surface area contributed by atoms with Gasteiger partial charge in [0.1, 0.15) is 25.6 Å². The molecule has 20 heteroatoms. The molecule has 0 spiro atoms. The van der Waals surface area contributed by atoms with Crippen LogP contribution in [0.3, 0.4) is 0 Å². The van der Waals surface area contributed by atoms with Crippen LogP contribution in [-0.2, 0) is 52.6 Å². The molecular weight excluding hydrogens is 1020 g/mol. The highest BCUT2D eigenvalue weighted by Crippen LogP contribution is 2.11. The number of benzene rings is 1. The minimum Gasteiger partial charge on any atom is -0.492 e. The van der Waals surface area contributed by atoms with Gasteiger partial charge >= 0.3 is 0 Å². The molecule has 1 aromatic rings. The second-order valence-corrected chi connectivity index (χ2v) is 15.9. The summed E-state index contributed by atoms with van der Waals surface area (Å²) < 4.78 is 20.8. The van der Waals surface area contributed by atoms with E-state index in [1.165, 1.54) is 47.6 Å². The van der Waals surface area contributed by atoms with E-state index in [2.05, 4.69) is 102 Å². The van der Waals surface area contributed by atoms with Crippen molar-refractivity contribution in [3.63, 3.8) is 0 Å². The Morgan fingerprint density at radius 1 is 0.425 bits per heavy atom. The third kappa shape index (κ3) is 84.2. The molecule has 0 aliphatic heterocycles. The highest BCUT2D eigenvalue weighted by molar-refractivity contribution is 5.87. The SMILES string of the molecule is CC#CCNC(=O)CCCCCNC(C)=O.CC#CCNC(C)=O.CC#CCOCCNC(C)=O.CC#CCOCCOCCNC(C)=O.CC#Cc1ccc(OCCNC(C)=O)cc1.CC=CC(=O)NCCCCCNC(C)=O. The molecule has 0 heterocycles. The number of hydrogen-bond acceptors (Lipinski definition) is 12. The van der Waals surface area contributed by atoms with Crippen molar-refractivity contribution < 1.29 is 57.3 Å². The van der Waals surface area contributed by atoms with Crippen molar-refractivity contribution in [1.29, 1.82) is 0 Å². The van der Waals surface area contributed by atoms with Crippen LogP contribution in [0, 0.1) is 59.2 Å². The highest BCUT2D eigenvalue weighted by Gasteiger charge is 2.00. The Morgan fingerprint density at radius 3 is 1.27 bits per heavy atom. The standard InChI is InChI=1S/C13H15NO2.C12H20N2O2.C11H20N2O2.C10H17NO3.C8H13NO2.C6H9NO/c1-3-4-12-5-7-13(8-6-12)16-10-9-14-11(2)15;1-3-4-9-14-12(16)8-6-5-7-10-13-11(2)15;1-3-7-11(15)13-9-6-4-5-8-12-10(2)14;1-3-4-6-13-8-9-14-7-5-11-10(2)12;1-3-4-6-11-7-5-9-8(2)10;1-3-4-5-7-6(2)8/h5-8H,9-10H2,1-2H3,(H,14,15);5-10H2,1-2H3,(H,13,15)(H,14,16);3,7H,4-6,8-9H2,1-2H3,(H,12,14)(H,13,15);5-9H2,1-2H3,(H,11,12);5-7H2,1-2H3,(H,9,10);5H2,1-2H3,(H,7,8). The van der Waals surface area contributed by atoms with Crippen molar-refractivity contribution >= 4 is 47.3 Å². The summed E-state index contributed by atoms with van der Waals surface area (Å²) in [7, 11) is 0. The molecule has 1 aromatic carbocycles. The molecule has 0 atom stereocenters. The highest BCUT2D eigenvalue weighted by atomic mass is 16.5. The van der Waals surface area contributed by atoms with Gasteiger partial charge in [-0.25, -0.2) is 0 Å². The Hall–Kier alpha value is -7.80. The smallest absolute Gasteiger partial charge is 0.243 e. The largest absolute Gasteiger partial charge is 0.492 e. The van der Waals surface area contributed by atoms with Crippen molar-refractivity contribution in [1.82, 2.24) is 42.5 Å². The lowest BCUT2D eigenvalue weighted by Gasteiger charge is -2.06. The topological polar surface area (TPSA) is 270 Å². The van der Waals surface area contributed by atoms with E-state index in [1.54, 1.807) is 40.7 Å². The maximum atomic E-state index is 11.2. The fraction of sp³-hybridized carbons (Fsp3) is 0.567. The number of amides is 8. The van der Waals surface area contributed by atoms with E-state index in [-0.39, 0.29) is 47.3 Å². The number of unbranched alkanes of at least 4 members (excludes halogenated alkanes) is 4. The van der Waals surface area contributed by atoms with Gasteiger partial charge in [0, 0.05) is 86.3 Å². The molecule has 0 aliphatic carbocycles. The minimum atomic E-state index is -0.0443. The quantitative estimate of drug-likeness (QED) is 0.0310. The van der Waals surface area contributed by atoms with E-state index in [0.29, 0.717) is 98.5 Å². The average molecular weight is 1120 g/mol. The molecule has 8 amide bonds. The summed E-state index contributed by atoms with van der Waals surface area (Å²) in [6.07, 6.45) is 9.40. The van der Waals surface area contributed by atoms with Crippen molar-refractivity contribution in [2.75, 3.05) is 98.6 Å². The van der Waals surface area contributed by atoms with Gasteiger partial charge in [0.25, 0.3) is 0 Å². The van der Waals surface area contributed by atoms with Gasteiger partial charge in [0.2, 0.25) is 47.3 Å². The molecule has 0 saturated carbocycles. The van der Waals surface area contributed by atoms with Crippen LogP contribution < -0.4 is 47.3 Å². The summed E-state index contributed by atoms with van der Waals surface area (Å²) in [5, 5.41) is 21.4. The van der Waals surface area contributed by atoms with Crippen molar-refractivity contribution in [3.05, 3.63) is 42.0 Å². The summed E-state index contributed by atoms with van der Waals surface area (Å²) in [4.78, 5) is 84.7. The van der Waals surface area contributed by atoms with Crippen LogP contribution >= 0.6 is 0 Å². The van der Waals surface area contributed by atoms with Gasteiger partial charge in [-0.05, 0) is 104 Å². The number of ether oxygens (including phenoxy) is 4. The van der Waals surface area contributed by atoms with Crippen molar-refractivity contribution in [2.24, 2.45) is 0 Å². The summed E-state index contributed by atoms with van der Waals surface area (Å²) in [5.74, 6) is 28.2. The number of nitrogens with one attached hydrogen (secondary N) is 8. The molecule has 20 nitrogen and oxygen atoms in total. The Labute approximate surface area is 479 Å². The predicted octanol–water partition coefficient (Wildman–Crippen LogP) is 3.87. The number of allylic oxidation sites excluding steroid dienone is 1. The lowest BCUT2D eigenvalue weighted by atomic mass is 10.2. The lowest BCUT2D eigenvalue weighted by Crippen LogP contribution is -2.25. The summed E-state index contributed by atoms with van der Waals surface area (Å²) in [6, 6.07) is 7.55. The number of carbonyl (C=O) groups excluding carboxylic acids is 8. The lowest BCUT2D eigenvalue weighted by molar-refractivity contribution is -0.121. The molecule has 0 bridgehead atoms. The van der Waals surface area contributed by atoms with E-state index in [4.69, 9.17) is 18.9 Å². The first kappa shape index (κ1) is 81.1. The first-order valence-corrected chi connectivity index (χ1v) is 26.5. The van der Waals surface area contributed by atoms with Gasteiger partial charge in [-0.15, -0.1) is 29.6 Å². The van der Waals surface area contributed by atoms with Crippen LogP contribution in [0.2, 0.25) is 0 Å². The second-order valence-electron chi connectivity index (χ2n) is 15.9. The Bertz CT molecular complexity index is 2180. The Balaban J connectivity index is -0.000000285. The molecule has 0 aliphatic rings. The second kappa shape index (κ2) is 67.3. The molecule has 0 unspecified atom stereocenters. The van der Waals surface area contributed by atoms with Crippen LogP contribution in [-0.4, -0.2) is 146 Å². The fourth-order valence-corrected chi connectivity index (χ4v) is 4.93. The third-order valence-electron chi connectivity index (χ3n) is 8.64. The van der Waals surface area contributed by atoms with E-state index in [1.807, 2.05) is 31.2 Å². The average Bonchev–Trinajstić information content (AvgIpc) is 3.40. The molecule has 0 saturated heterocycles. The van der Waals surface area contributed by atoms with Gasteiger partial charge in [-0.2, -0.15) is 0 Å². The maximum absolute atomic E-state index is 11.2. The van der Waals surface area contributed by atoms with Crippen molar-refractivity contribution in [3.8, 4) is 65.0 Å². The molecule has 0 radical (unpaired) electrons. The zero-order chi connectivity index (χ0) is 61.1. The first-order valence-electron chi connectivity index (χ1n) is 26.5. The van der Waals surface area contributed by atoms with Gasteiger partial charge in [0.05, 0.1) is 46.1 Å². The first-order chi connectivity index (χ1) is 38.4. The Morgan fingerprint density at radius 2 is 0.825 bits per heavy atom. The van der Waals surface area contributed by atoms with Gasteiger partial charge in [0.15, 0.2) is 0 Å². The van der Waals surface area contributed by atoms with Gasteiger partial charge < -0.3 is 61.5 Å². The van der Waals surface area contributed by atoms with Crippen LogP contribution in [0.4, 0.5) is 0 Å². The minimum absolute atomic E-state index is 0.00381. The third-order valence-corrected chi connectivity index (χ3v) is 8.64. The summed E-state index contributed by atoms with van der Waals surface area (Å²) in [5.41, 5.74) is 0.969. The molecule has 1 rings (SSSR count). The van der Waals surface area contributed by atoms with Gasteiger partial charge in [-0.1, -0.05) is 42.1 Å². The monoisotopic (exact) mass is 1120 g/mol. The number of hydrogen-bond donors (Lipinski definition) is 8. The van der Waals surface area contributed by atoms with Crippen LogP contribution in [0.15, 0.2) is 36.4 Å². The number of carbonyl (C=O) groups is 8. The van der Waals surface area contributed by atoms with Gasteiger partial charge in [-0.3, -0.25) is 38.4 Å². The predicted molar refractivity (Wildman–Crippen MR) is 316 cm³/mol. The van der Waals surface area contributed by atoms with Crippen LogP contribution in [0.25, 0.3) is 0 Å². The summed E-state index contributed by atoms with van der Waals surface area (Å²) >= 11 is 0. The molecular formula is C60H94N8O12. The van der Waals surface area contributed by atoms with E-state index in [0.717, 1.165) is 56.4 Å². The molecule has 0 aromatic heterocycles. The fourth-order valence-electron chi connectivity index (χ4n) is 4.93. The molecule has 0 fully saturated rings. The molecule has 80 heavy (non-hydrogen) atoms. The normalized spacial score (nSPS) is 8.85. The van der Waals surface area contributed by atoms with E-state index in [9.17, 15) is 38.4 Å². The zero-order valence-electron chi connectivity index (χ0n) is 49.9. The zero-order valence-corrected chi connectivity index (χ0v) is 49.9. The van der Waals surface area contributed by atoms with Crippen LogP contribution in [0.1, 0.15) is 134 Å². The number of rotatable bonds is 30. The van der Waals surface area contributed by atoms with Crippen molar-refractivity contribution in [2.45, 2.75) is 128 Å². The maximum Gasteiger partial charge on any atom is 0.243 e. The Kier molecular flexibility index (Phi) is 68.2. The summed E-state index contributed by atoms with van der Waals surface area (Å²) in [6.45, 7) is 27.7.